The molecule has 7 heteroatoms. The highest BCUT2D eigenvalue weighted by Gasteiger charge is 2.19. The van der Waals surface area contributed by atoms with Crippen molar-refractivity contribution in [3.05, 3.63) is 59.2 Å². The van der Waals surface area contributed by atoms with E-state index in [0.717, 1.165) is 41.4 Å². The van der Waals surface area contributed by atoms with Crippen molar-refractivity contribution >= 4 is 47.4 Å². The lowest BCUT2D eigenvalue weighted by molar-refractivity contribution is -0.115. The number of hydrogen-bond acceptors (Lipinski definition) is 4. The van der Waals surface area contributed by atoms with Crippen LogP contribution in [0.1, 0.15) is 21.5 Å². The van der Waals surface area contributed by atoms with Gasteiger partial charge in [-0.05, 0) is 48.4 Å². The zero-order valence-electron chi connectivity index (χ0n) is 15.2. The molecule has 5 nitrogen and oxygen atoms in total. The van der Waals surface area contributed by atoms with Crippen LogP contribution in [0.4, 0.5) is 11.4 Å². The number of nitrogens with zero attached hydrogens (tertiary/aromatic N) is 1. The third-order valence-corrected chi connectivity index (χ3v) is 5.33. The normalized spacial score (nSPS) is 13.6. The van der Waals surface area contributed by atoms with Crippen molar-refractivity contribution in [2.45, 2.75) is 13.3 Å². The maximum absolute atomic E-state index is 12.6. The molecule has 27 heavy (non-hydrogen) atoms. The molecule has 2 amide bonds. The van der Waals surface area contributed by atoms with Gasteiger partial charge >= 0.3 is 0 Å². The molecule has 2 aromatic carbocycles. The van der Waals surface area contributed by atoms with Gasteiger partial charge < -0.3 is 16.0 Å². The lowest BCUT2D eigenvalue weighted by atomic mass is 10.1. The van der Waals surface area contributed by atoms with Crippen molar-refractivity contribution < 1.29 is 9.59 Å². The molecule has 1 heterocycles. The number of carbonyl (C=O) groups excluding carboxylic acids is 2. The molecule has 0 spiro atoms. The minimum absolute atomic E-state index is 0. The van der Waals surface area contributed by atoms with E-state index in [0.29, 0.717) is 11.3 Å². The third kappa shape index (κ3) is 5.65. The Balaban J connectivity index is 0.00000261. The summed E-state index contributed by atoms with van der Waals surface area (Å²) in [5.41, 5.74) is 9.53. The second-order valence-corrected chi connectivity index (χ2v) is 7.63. The number of hydrogen-bond donors (Lipinski definition) is 2. The molecule has 1 aliphatic heterocycles. The van der Waals surface area contributed by atoms with Gasteiger partial charge in [-0.1, -0.05) is 12.1 Å². The fraction of sp³-hybridized carbons (Fsp3) is 0.300. The SMILES string of the molecule is Cc1cc(C(=O)N2CCSCC2)ccc1NC(=O)Cc1ccc(N)cc1.Cl. The number of halogens is 1. The summed E-state index contributed by atoms with van der Waals surface area (Å²) in [4.78, 5) is 26.7. The summed E-state index contributed by atoms with van der Waals surface area (Å²) >= 11 is 1.88. The maximum Gasteiger partial charge on any atom is 0.253 e. The number of anilines is 2. The molecule has 3 rings (SSSR count). The van der Waals surface area contributed by atoms with E-state index in [2.05, 4.69) is 5.32 Å². The zero-order chi connectivity index (χ0) is 18.5. The van der Waals surface area contributed by atoms with Gasteiger partial charge in [0.15, 0.2) is 0 Å². The van der Waals surface area contributed by atoms with E-state index < -0.39 is 0 Å². The second-order valence-electron chi connectivity index (χ2n) is 6.40. The predicted molar refractivity (Wildman–Crippen MR) is 115 cm³/mol. The van der Waals surface area contributed by atoms with Gasteiger partial charge in [-0.15, -0.1) is 12.4 Å². The molecule has 0 unspecified atom stereocenters. The van der Waals surface area contributed by atoms with Crippen LogP contribution < -0.4 is 11.1 Å². The Morgan fingerprint density at radius 3 is 2.41 bits per heavy atom. The van der Waals surface area contributed by atoms with Crippen LogP contribution in [-0.4, -0.2) is 41.3 Å². The number of amides is 2. The quantitative estimate of drug-likeness (QED) is 0.764. The Kier molecular flexibility index (Phi) is 7.56. The summed E-state index contributed by atoms with van der Waals surface area (Å²) in [6.07, 6.45) is 0.284. The van der Waals surface area contributed by atoms with E-state index in [1.807, 2.05) is 47.9 Å². The molecule has 1 fully saturated rings. The van der Waals surface area contributed by atoms with E-state index in [1.165, 1.54) is 0 Å². The monoisotopic (exact) mass is 405 g/mol. The van der Waals surface area contributed by atoms with Crippen molar-refractivity contribution in [3.63, 3.8) is 0 Å². The minimum atomic E-state index is -0.0926. The first-order valence-electron chi connectivity index (χ1n) is 8.65. The van der Waals surface area contributed by atoms with Crippen molar-refractivity contribution in [3.8, 4) is 0 Å². The molecule has 0 bridgehead atoms. The predicted octanol–water partition coefficient (Wildman–Crippen LogP) is 3.37. The van der Waals surface area contributed by atoms with Crippen LogP contribution in [0.15, 0.2) is 42.5 Å². The molecule has 0 atom stereocenters. The summed E-state index contributed by atoms with van der Waals surface area (Å²) in [7, 11) is 0. The van der Waals surface area contributed by atoms with E-state index in [9.17, 15) is 9.59 Å². The van der Waals surface area contributed by atoms with Crippen LogP contribution >= 0.6 is 24.2 Å². The first-order chi connectivity index (χ1) is 12.5. The van der Waals surface area contributed by atoms with Crippen molar-refractivity contribution in [2.75, 3.05) is 35.6 Å². The van der Waals surface area contributed by atoms with Gasteiger partial charge in [0.25, 0.3) is 5.91 Å². The highest BCUT2D eigenvalue weighted by atomic mass is 35.5. The van der Waals surface area contributed by atoms with E-state index in [4.69, 9.17) is 5.73 Å². The van der Waals surface area contributed by atoms with Gasteiger partial charge in [0.2, 0.25) is 5.91 Å². The Morgan fingerprint density at radius 2 is 1.78 bits per heavy atom. The van der Waals surface area contributed by atoms with Gasteiger partial charge in [0.1, 0.15) is 0 Å². The van der Waals surface area contributed by atoms with Gasteiger partial charge in [0, 0.05) is 41.5 Å². The maximum atomic E-state index is 12.6. The second kappa shape index (κ2) is 9.67. The van der Waals surface area contributed by atoms with Crippen LogP contribution in [0.2, 0.25) is 0 Å². The minimum Gasteiger partial charge on any atom is -0.399 e. The molecule has 0 aliphatic carbocycles. The fourth-order valence-corrected chi connectivity index (χ4v) is 3.80. The van der Waals surface area contributed by atoms with Crippen molar-refractivity contribution in [1.82, 2.24) is 4.90 Å². The van der Waals surface area contributed by atoms with Crippen molar-refractivity contribution in [1.29, 1.82) is 0 Å². The first kappa shape index (κ1) is 21.1. The third-order valence-electron chi connectivity index (χ3n) is 4.39. The highest BCUT2D eigenvalue weighted by Crippen LogP contribution is 2.20. The molecule has 1 aliphatic rings. The largest absolute Gasteiger partial charge is 0.399 e. The Morgan fingerprint density at radius 1 is 1.11 bits per heavy atom. The number of carbonyl (C=O) groups is 2. The highest BCUT2D eigenvalue weighted by molar-refractivity contribution is 7.99. The van der Waals surface area contributed by atoms with Gasteiger partial charge in [-0.2, -0.15) is 11.8 Å². The van der Waals surface area contributed by atoms with E-state index in [-0.39, 0.29) is 30.6 Å². The van der Waals surface area contributed by atoms with E-state index >= 15 is 0 Å². The van der Waals surface area contributed by atoms with Crippen LogP contribution in [0.25, 0.3) is 0 Å². The summed E-state index contributed by atoms with van der Waals surface area (Å²) in [6.45, 7) is 3.49. The number of nitrogens with one attached hydrogen (secondary N) is 1. The van der Waals surface area contributed by atoms with Crippen molar-refractivity contribution in [2.24, 2.45) is 0 Å². The molecule has 2 aromatic rings. The Hall–Kier alpha value is -2.18. The Labute approximate surface area is 170 Å². The molecule has 0 saturated carbocycles. The Bertz CT molecular complexity index is 805. The molecule has 144 valence electrons. The number of aryl methyl sites for hydroxylation is 1. The van der Waals surface area contributed by atoms with Crippen LogP contribution in [0.5, 0.6) is 0 Å². The number of thioether (sulfide) groups is 1. The molecular formula is C20H24ClN3O2S. The molecule has 1 saturated heterocycles. The van der Waals surface area contributed by atoms with Crippen LogP contribution in [-0.2, 0) is 11.2 Å². The van der Waals surface area contributed by atoms with Crippen LogP contribution in [0.3, 0.4) is 0 Å². The average Bonchev–Trinajstić information content (AvgIpc) is 2.65. The first-order valence-corrected chi connectivity index (χ1v) is 9.80. The van der Waals surface area contributed by atoms with Crippen LogP contribution in [0, 0.1) is 6.92 Å². The number of nitrogen functional groups attached to an aromatic ring is 1. The summed E-state index contributed by atoms with van der Waals surface area (Å²) in [6, 6.07) is 12.7. The zero-order valence-corrected chi connectivity index (χ0v) is 16.9. The molecular weight excluding hydrogens is 382 g/mol. The smallest absolute Gasteiger partial charge is 0.253 e. The van der Waals surface area contributed by atoms with E-state index in [1.54, 1.807) is 18.2 Å². The fourth-order valence-electron chi connectivity index (χ4n) is 2.90. The summed E-state index contributed by atoms with van der Waals surface area (Å²) < 4.78 is 0. The van der Waals surface area contributed by atoms with Gasteiger partial charge in [0.05, 0.1) is 6.42 Å². The molecule has 0 aromatic heterocycles. The average molecular weight is 406 g/mol. The summed E-state index contributed by atoms with van der Waals surface area (Å²) in [5.74, 6) is 1.95. The lowest BCUT2D eigenvalue weighted by Gasteiger charge is -2.26. The van der Waals surface area contributed by atoms with Gasteiger partial charge in [-0.3, -0.25) is 9.59 Å². The number of benzene rings is 2. The molecule has 3 N–H and O–H groups in total. The molecule has 0 radical (unpaired) electrons. The lowest BCUT2D eigenvalue weighted by Crippen LogP contribution is -2.37. The standard InChI is InChI=1S/C20H23N3O2S.ClH/c1-14-12-16(20(25)23-8-10-26-11-9-23)4-7-18(14)22-19(24)13-15-2-5-17(21)6-3-15;/h2-7,12H,8-11,13,21H2,1H3,(H,22,24);1H. The number of rotatable bonds is 4. The topological polar surface area (TPSA) is 75.4 Å². The number of nitrogens with two attached hydrogens (primary N) is 1. The van der Waals surface area contributed by atoms with Gasteiger partial charge in [-0.25, -0.2) is 0 Å². The summed E-state index contributed by atoms with van der Waals surface area (Å²) in [5, 5.41) is 2.92.